The number of rotatable bonds is 7. The minimum absolute atomic E-state index is 0.0669. The first-order valence-electron chi connectivity index (χ1n) is 7.15. The highest BCUT2D eigenvalue weighted by Gasteiger charge is 2.53. The van der Waals surface area contributed by atoms with Gasteiger partial charge in [-0.2, -0.15) is 0 Å². The van der Waals surface area contributed by atoms with Gasteiger partial charge in [-0.1, -0.05) is 26.8 Å². The molecule has 1 aliphatic rings. The van der Waals surface area contributed by atoms with Gasteiger partial charge < -0.3 is 9.84 Å². The second kappa shape index (κ2) is 5.98. The van der Waals surface area contributed by atoms with Gasteiger partial charge >= 0.3 is 11.9 Å². The highest BCUT2D eigenvalue weighted by Crippen LogP contribution is 2.49. The molecule has 0 saturated heterocycles. The van der Waals surface area contributed by atoms with Gasteiger partial charge in [0.25, 0.3) is 0 Å². The zero-order valence-corrected chi connectivity index (χ0v) is 12.9. The molecule has 1 aliphatic carbocycles. The molecule has 4 heteroatoms. The van der Waals surface area contributed by atoms with Crippen LogP contribution in [-0.2, 0) is 14.3 Å². The lowest BCUT2D eigenvalue weighted by Gasteiger charge is -2.26. The molecule has 3 atom stereocenters. The Morgan fingerprint density at radius 1 is 1.50 bits per heavy atom. The molecule has 114 valence electrons. The summed E-state index contributed by atoms with van der Waals surface area (Å²) in [6, 6.07) is 0. The first-order chi connectivity index (χ1) is 9.10. The van der Waals surface area contributed by atoms with Crippen LogP contribution in [-0.4, -0.2) is 22.6 Å². The number of esters is 1. The average Bonchev–Trinajstić information content (AvgIpc) is 2.91. The third-order valence-electron chi connectivity index (χ3n) is 4.14. The summed E-state index contributed by atoms with van der Waals surface area (Å²) in [7, 11) is 0. The molecule has 1 N–H and O–H groups in total. The first kappa shape index (κ1) is 16.7. The smallest absolute Gasteiger partial charge is 0.307 e. The van der Waals surface area contributed by atoms with Crippen molar-refractivity contribution >= 4 is 11.9 Å². The number of carboxylic acids is 1. The van der Waals surface area contributed by atoms with E-state index in [1.807, 2.05) is 33.8 Å². The Labute approximate surface area is 121 Å². The van der Waals surface area contributed by atoms with E-state index in [9.17, 15) is 14.7 Å². The molecule has 20 heavy (non-hydrogen) atoms. The number of carbonyl (C=O) groups is 2. The molecule has 0 radical (unpaired) electrons. The molecular formula is C16H26O4. The Morgan fingerprint density at radius 3 is 2.55 bits per heavy atom. The maximum absolute atomic E-state index is 12.0. The third-order valence-corrected chi connectivity index (χ3v) is 4.14. The number of ether oxygens (including phenoxy) is 1. The lowest BCUT2D eigenvalue weighted by atomic mass is 9.79. The van der Waals surface area contributed by atoms with E-state index in [0.717, 1.165) is 19.3 Å². The maximum Gasteiger partial charge on any atom is 0.307 e. The maximum atomic E-state index is 12.0. The fraction of sp³-hybridized carbons (Fsp3) is 0.750. The quantitative estimate of drug-likeness (QED) is 0.574. The largest absolute Gasteiger partial charge is 0.481 e. The zero-order valence-electron chi connectivity index (χ0n) is 12.9. The number of carbonyl (C=O) groups excluding carboxylic acids is 1. The number of aliphatic carboxylic acids is 1. The molecule has 1 rings (SSSR count). The molecule has 1 fully saturated rings. The fourth-order valence-corrected chi connectivity index (χ4v) is 2.51. The van der Waals surface area contributed by atoms with Crippen LogP contribution in [0.4, 0.5) is 0 Å². The Morgan fingerprint density at radius 2 is 2.10 bits per heavy atom. The summed E-state index contributed by atoms with van der Waals surface area (Å²) < 4.78 is 5.50. The Balaban J connectivity index is 2.52. The summed E-state index contributed by atoms with van der Waals surface area (Å²) in [6.45, 7) is 11.1. The second-order valence-electron chi connectivity index (χ2n) is 7.01. The zero-order chi connectivity index (χ0) is 15.6. The van der Waals surface area contributed by atoms with Crippen molar-refractivity contribution in [3.63, 3.8) is 0 Å². The SMILES string of the molecule is C=CCCC1C[C@@]1(C)OC(=O)C[C@H](C(=O)O)C(C)(C)C. The molecule has 0 aromatic carbocycles. The summed E-state index contributed by atoms with van der Waals surface area (Å²) in [6.07, 6.45) is 4.54. The van der Waals surface area contributed by atoms with Crippen LogP contribution in [0.15, 0.2) is 12.7 Å². The van der Waals surface area contributed by atoms with Gasteiger partial charge in [0.15, 0.2) is 0 Å². The van der Waals surface area contributed by atoms with Crippen molar-refractivity contribution in [3.8, 4) is 0 Å². The van der Waals surface area contributed by atoms with Gasteiger partial charge in [-0.25, -0.2) is 0 Å². The highest BCUT2D eigenvalue weighted by molar-refractivity contribution is 5.79. The standard InChI is InChI=1S/C16H26O4/c1-6-7-8-11-10-16(11,5)20-13(17)9-12(14(18)19)15(2,3)4/h6,11-12H,1,7-10H2,2-5H3,(H,18,19)/t11?,12-,16-/m1/s1. The molecule has 0 heterocycles. The minimum atomic E-state index is -0.946. The Hall–Kier alpha value is -1.32. The van der Waals surface area contributed by atoms with Gasteiger partial charge in [-0.3, -0.25) is 9.59 Å². The van der Waals surface area contributed by atoms with Crippen LogP contribution in [0.3, 0.4) is 0 Å². The molecule has 4 nitrogen and oxygen atoms in total. The molecule has 0 bridgehead atoms. The van der Waals surface area contributed by atoms with E-state index in [0.29, 0.717) is 5.92 Å². The topological polar surface area (TPSA) is 63.6 Å². The number of allylic oxidation sites excluding steroid dienone is 1. The van der Waals surface area contributed by atoms with E-state index < -0.39 is 28.9 Å². The molecule has 0 amide bonds. The lowest BCUT2D eigenvalue weighted by molar-refractivity contribution is -0.159. The van der Waals surface area contributed by atoms with Crippen LogP contribution in [0, 0.1) is 17.3 Å². The van der Waals surface area contributed by atoms with Crippen molar-refractivity contribution in [1.82, 2.24) is 0 Å². The van der Waals surface area contributed by atoms with Crippen LogP contribution < -0.4 is 0 Å². The van der Waals surface area contributed by atoms with Crippen molar-refractivity contribution < 1.29 is 19.4 Å². The van der Waals surface area contributed by atoms with Crippen LogP contribution in [0.25, 0.3) is 0 Å². The van der Waals surface area contributed by atoms with Crippen LogP contribution in [0.1, 0.15) is 53.4 Å². The number of hydrogen-bond acceptors (Lipinski definition) is 3. The van der Waals surface area contributed by atoms with Crippen LogP contribution in [0.5, 0.6) is 0 Å². The van der Waals surface area contributed by atoms with Crippen molar-refractivity contribution in [3.05, 3.63) is 12.7 Å². The Bertz CT molecular complexity index is 394. The van der Waals surface area contributed by atoms with Gasteiger partial charge in [-0.05, 0) is 31.6 Å². The molecule has 1 unspecified atom stereocenters. The molecule has 0 aromatic rings. The highest BCUT2D eigenvalue weighted by atomic mass is 16.6. The van der Waals surface area contributed by atoms with E-state index >= 15 is 0 Å². The summed E-state index contributed by atoms with van der Waals surface area (Å²) in [5.74, 6) is -1.69. The van der Waals surface area contributed by atoms with E-state index in [-0.39, 0.29) is 6.42 Å². The van der Waals surface area contributed by atoms with E-state index in [1.54, 1.807) is 0 Å². The molecule has 0 spiro atoms. The van der Waals surface area contributed by atoms with Crippen molar-refractivity contribution in [2.45, 2.75) is 59.0 Å². The van der Waals surface area contributed by atoms with E-state index in [2.05, 4.69) is 6.58 Å². The first-order valence-corrected chi connectivity index (χ1v) is 7.15. The Kier molecular flexibility index (Phi) is 5.00. The van der Waals surface area contributed by atoms with Gasteiger partial charge in [0.05, 0.1) is 12.3 Å². The second-order valence-corrected chi connectivity index (χ2v) is 7.01. The van der Waals surface area contributed by atoms with Crippen molar-refractivity contribution in [1.29, 1.82) is 0 Å². The summed E-state index contributed by atoms with van der Waals surface area (Å²) in [4.78, 5) is 23.2. The van der Waals surface area contributed by atoms with Crippen molar-refractivity contribution in [2.75, 3.05) is 0 Å². The molecular weight excluding hydrogens is 256 g/mol. The van der Waals surface area contributed by atoms with Gasteiger partial charge in [-0.15, -0.1) is 6.58 Å². The molecule has 1 saturated carbocycles. The summed E-state index contributed by atoms with van der Waals surface area (Å²) in [5, 5.41) is 9.22. The molecule has 0 aliphatic heterocycles. The average molecular weight is 282 g/mol. The number of carboxylic acid groups (broad SMARTS) is 1. The normalized spacial score (nSPS) is 26.7. The van der Waals surface area contributed by atoms with Crippen LogP contribution >= 0.6 is 0 Å². The monoisotopic (exact) mass is 282 g/mol. The predicted octanol–water partition coefficient (Wildman–Crippen LogP) is 3.41. The summed E-state index contributed by atoms with van der Waals surface area (Å²) >= 11 is 0. The van der Waals surface area contributed by atoms with Crippen LogP contribution in [0.2, 0.25) is 0 Å². The molecule has 0 aromatic heterocycles. The van der Waals surface area contributed by atoms with Gasteiger partial charge in [0, 0.05) is 5.92 Å². The van der Waals surface area contributed by atoms with E-state index in [4.69, 9.17) is 4.74 Å². The fourth-order valence-electron chi connectivity index (χ4n) is 2.51. The minimum Gasteiger partial charge on any atom is -0.481 e. The predicted molar refractivity (Wildman–Crippen MR) is 77.2 cm³/mol. The van der Waals surface area contributed by atoms with Crippen molar-refractivity contribution in [2.24, 2.45) is 17.3 Å². The third kappa shape index (κ3) is 4.36. The van der Waals surface area contributed by atoms with Gasteiger partial charge in [0.1, 0.15) is 5.60 Å². The number of hydrogen-bond donors (Lipinski definition) is 1. The van der Waals surface area contributed by atoms with E-state index in [1.165, 1.54) is 0 Å². The summed E-state index contributed by atoms with van der Waals surface area (Å²) in [5.41, 5.74) is -0.863. The van der Waals surface area contributed by atoms with Gasteiger partial charge in [0.2, 0.25) is 0 Å². The lowest BCUT2D eigenvalue weighted by Crippen LogP contribution is -2.32.